The first-order valence-electron chi connectivity index (χ1n) is 12.1. The first-order valence-corrected chi connectivity index (χ1v) is 13.7. The first kappa shape index (κ1) is 22.7. The summed E-state index contributed by atoms with van der Waals surface area (Å²) in [6.45, 7) is 2.06. The Kier molecular flexibility index (Phi) is 5.40. The van der Waals surface area contributed by atoms with Crippen molar-refractivity contribution in [2.24, 2.45) is 0 Å². The fourth-order valence-corrected chi connectivity index (χ4v) is 6.91. The van der Waals surface area contributed by atoms with Gasteiger partial charge in [0.05, 0.1) is 32.5 Å². The Morgan fingerprint density at radius 3 is 2.50 bits per heavy atom. The van der Waals surface area contributed by atoms with Gasteiger partial charge in [0.2, 0.25) is 0 Å². The van der Waals surface area contributed by atoms with Crippen molar-refractivity contribution < 1.29 is 13.7 Å². The molecule has 184 valence electrons. The van der Waals surface area contributed by atoms with Gasteiger partial charge >= 0.3 is 0 Å². The first-order chi connectivity index (χ1) is 17.5. The molecule has 0 bridgehead atoms. The zero-order chi connectivity index (χ0) is 24.4. The number of anilines is 1. The maximum atomic E-state index is 14.2. The van der Waals surface area contributed by atoms with E-state index in [1.807, 2.05) is 24.3 Å². The number of hydrogen-bond acceptors (Lipinski definition) is 6. The molecule has 9 heteroatoms. The summed E-state index contributed by atoms with van der Waals surface area (Å²) in [5.74, 6) is 1.01. The van der Waals surface area contributed by atoms with Gasteiger partial charge in [-0.15, -0.1) is 0 Å². The van der Waals surface area contributed by atoms with E-state index in [4.69, 9.17) is 32.5 Å². The van der Waals surface area contributed by atoms with Crippen LogP contribution in [0.5, 0.6) is 0 Å². The van der Waals surface area contributed by atoms with Gasteiger partial charge in [-0.3, -0.25) is 0 Å². The number of benzene rings is 2. The standard InChI is InChI=1S/C27H22Cl2FN3O2S/c28-17-3-1-4-18(29)22(17)24-21(25(35-32-24)15-7-8-15)16-13-27(34-14-16)9-11-33(12-10-27)26-31-23-19(30)5-2-6-20(23)36-26/h1-6,13,15H,7-12,14H2. The molecule has 2 fully saturated rings. The minimum Gasteiger partial charge on any atom is -0.366 e. The lowest BCUT2D eigenvalue weighted by Gasteiger charge is -2.37. The van der Waals surface area contributed by atoms with Gasteiger partial charge in [0, 0.05) is 24.6 Å². The number of rotatable bonds is 4. The summed E-state index contributed by atoms with van der Waals surface area (Å²) < 4.78 is 27.4. The molecule has 2 aromatic carbocycles. The molecular formula is C27H22Cl2FN3O2S. The Bertz CT molecular complexity index is 1500. The molecule has 1 saturated carbocycles. The number of thiazole rings is 1. The second-order valence-electron chi connectivity index (χ2n) is 9.73. The molecule has 2 aliphatic heterocycles. The van der Waals surface area contributed by atoms with Crippen LogP contribution in [-0.2, 0) is 4.74 Å². The van der Waals surface area contributed by atoms with Crippen molar-refractivity contribution in [2.75, 3.05) is 24.6 Å². The van der Waals surface area contributed by atoms with E-state index in [-0.39, 0.29) is 11.4 Å². The molecule has 1 aliphatic carbocycles. The summed E-state index contributed by atoms with van der Waals surface area (Å²) >= 11 is 14.6. The van der Waals surface area contributed by atoms with Gasteiger partial charge in [-0.1, -0.05) is 51.8 Å². The zero-order valence-corrected chi connectivity index (χ0v) is 21.6. The van der Waals surface area contributed by atoms with E-state index in [9.17, 15) is 4.39 Å². The van der Waals surface area contributed by atoms with Crippen LogP contribution in [0.2, 0.25) is 10.0 Å². The Morgan fingerprint density at radius 1 is 1.03 bits per heavy atom. The maximum absolute atomic E-state index is 14.2. The monoisotopic (exact) mass is 541 g/mol. The average molecular weight is 542 g/mol. The fourth-order valence-electron chi connectivity index (χ4n) is 5.30. The average Bonchev–Trinajstić information content (AvgIpc) is 3.28. The molecule has 0 unspecified atom stereocenters. The third kappa shape index (κ3) is 3.76. The van der Waals surface area contributed by atoms with Gasteiger partial charge in [-0.2, -0.15) is 0 Å². The number of para-hydroxylation sites is 1. The van der Waals surface area contributed by atoms with Crippen LogP contribution in [-0.4, -0.2) is 35.4 Å². The van der Waals surface area contributed by atoms with Gasteiger partial charge in [0.25, 0.3) is 0 Å². The van der Waals surface area contributed by atoms with Crippen LogP contribution < -0.4 is 4.90 Å². The Labute approximate surface area is 221 Å². The molecule has 4 heterocycles. The number of piperidine rings is 1. The number of fused-ring (bicyclic) bond motifs is 1. The molecule has 4 aromatic rings. The highest BCUT2D eigenvalue weighted by atomic mass is 35.5. The van der Waals surface area contributed by atoms with Crippen LogP contribution in [0, 0.1) is 5.82 Å². The van der Waals surface area contributed by atoms with E-state index in [0.29, 0.717) is 39.3 Å². The Morgan fingerprint density at radius 2 is 1.78 bits per heavy atom. The predicted molar refractivity (Wildman–Crippen MR) is 142 cm³/mol. The summed E-state index contributed by atoms with van der Waals surface area (Å²) in [6, 6.07) is 10.6. The quantitative estimate of drug-likeness (QED) is 0.264. The van der Waals surface area contributed by atoms with Crippen molar-refractivity contribution in [1.82, 2.24) is 10.1 Å². The predicted octanol–water partition coefficient (Wildman–Crippen LogP) is 7.73. The number of aromatic nitrogens is 2. The number of hydrogen-bond donors (Lipinski definition) is 0. The van der Waals surface area contributed by atoms with Crippen LogP contribution in [0.1, 0.15) is 42.9 Å². The van der Waals surface area contributed by atoms with Crippen LogP contribution in [0.3, 0.4) is 0 Å². The van der Waals surface area contributed by atoms with E-state index >= 15 is 0 Å². The topological polar surface area (TPSA) is 51.4 Å². The van der Waals surface area contributed by atoms with Crippen LogP contribution in [0.15, 0.2) is 47.0 Å². The molecule has 0 N–H and O–H groups in total. The van der Waals surface area contributed by atoms with Crippen LogP contribution >= 0.6 is 34.5 Å². The second-order valence-corrected chi connectivity index (χ2v) is 11.6. The molecule has 2 aromatic heterocycles. The summed E-state index contributed by atoms with van der Waals surface area (Å²) in [7, 11) is 0. The lowest BCUT2D eigenvalue weighted by atomic mass is 9.89. The minimum absolute atomic E-state index is 0.273. The summed E-state index contributed by atoms with van der Waals surface area (Å²) in [4.78, 5) is 6.80. The maximum Gasteiger partial charge on any atom is 0.186 e. The number of ether oxygens (including phenoxy) is 1. The van der Waals surface area contributed by atoms with E-state index in [1.165, 1.54) is 17.4 Å². The van der Waals surface area contributed by atoms with E-state index < -0.39 is 0 Å². The van der Waals surface area contributed by atoms with Gasteiger partial charge in [-0.25, -0.2) is 9.37 Å². The van der Waals surface area contributed by atoms with E-state index in [2.05, 4.69) is 21.1 Å². The molecular weight excluding hydrogens is 520 g/mol. The van der Waals surface area contributed by atoms with Crippen molar-refractivity contribution >= 4 is 55.5 Å². The van der Waals surface area contributed by atoms with Crippen molar-refractivity contribution in [3.63, 3.8) is 0 Å². The van der Waals surface area contributed by atoms with Crippen LogP contribution in [0.25, 0.3) is 27.0 Å². The number of nitrogens with zero attached hydrogens (tertiary/aromatic N) is 3. The van der Waals surface area contributed by atoms with E-state index in [0.717, 1.165) is 65.5 Å². The molecule has 7 rings (SSSR count). The van der Waals surface area contributed by atoms with Crippen LogP contribution in [0.4, 0.5) is 9.52 Å². The van der Waals surface area contributed by atoms with Crippen molar-refractivity contribution in [3.8, 4) is 11.3 Å². The van der Waals surface area contributed by atoms with Crippen molar-refractivity contribution in [2.45, 2.75) is 37.2 Å². The van der Waals surface area contributed by atoms with Gasteiger partial charge in [-0.05, 0) is 61.6 Å². The minimum atomic E-state index is -0.354. The molecule has 0 atom stereocenters. The molecule has 3 aliphatic rings. The highest BCUT2D eigenvalue weighted by molar-refractivity contribution is 7.22. The number of halogens is 3. The second kappa shape index (κ2) is 8.55. The smallest absolute Gasteiger partial charge is 0.186 e. The molecule has 0 radical (unpaired) electrons. The lowest BCUT2D eigenvalue weighted by Crippen LogP contribution is -2.43. The third-order valence-corrected chi connectivity index (χ3v) is 9.09. The lowest BCUT2D eigenvalue weighted by molar-refractivity contribution is 0.00840. The Hall–Kier alpha value is -2.45. The molecule has 1 spiro atoms. The van der Waals surface area contributed by atoms with Crippen molar-refractivity contribution in [1.29, 1.82) is 0 Å². The molecule has 5 nitrogen and oxygen atoms in total. The van der Waals surface area contributed by atoms with Gasteiger partial charge in [0.1, 0.15) is 22.8 Å². The highest BCUT2D eigenvalue weighted by Gasteiger charge is 2.42. The Balaban J connectivity index is 1.19. The summed E-state index contributed by atoms with van der Waals surface area (Å²) in [5.41, 5.74) is 3.54. The highest BCUT2D eigenvalue weighted by Crippen LogP contribution is 2.50. The largest absolute Gasteiger partial charge is 0.366 e. The molecule has 1 saturated heterocycles. The normalized spacial score (nSPS) is 19.4. The SMILES string of the molecule is Fc1cccc2sc(N3CCC4(C=C(c5c(-c6c(Cl)cccc6Cl)noc5C5CC5)CO4)CC3)nc12. The zero-order valence-electron chi connectivity index (χ0n) is 19.3. The molecule has 0 amide bonds. The third-order valence-electron chi connectivity index (χ3n) is 7.38. The van der Waals surface area contributed by atoms with Gasteiger partial charge < -0.3 is 14.2 Å². The summed E-state index contributed by atoms with van der Waals surface area (Å²) in [6.07, 6.45) is 6.08. The van der Waals surface area contributed by atoms with Gasteiger partial charge in [0.15, 0.2) is 5.13 Å². The fraction of sp³-hybridized carbons (Fsp3) is 0.333. The molecule has 36 heavy (non-hydrogen) atoms. The summed E-state index contributed by atoms with van der Waals surface area (Å²) in [5, 5.41) is 6.40. The van der Waals surface area contributed by atoms with E-state index in [1.54, 1.807) is 6.07 Å². The van der Waals surface area contributed by atoms with Crippen molar-refractivity contribution in [3.05, 3.63) is 69.7 Å².